The number of halogens is 1. The third kappa shape index (κ3) is 5.39. The smallest absolute Gasteiger partial charge is 0.410 e. The van der Waals surface area contributed by atoms with E-state index >= 15 is 0 Å². The van der Waals surface area contributed by atoms with E-state index in [2.05, 4.69) is 37.7 Å². The van der Waals surface area contributed by atoms with E-state index in [9.17, 15) is 9.59 Å². The molecule has 1 aliphatic rings. The first kappa shape index (κ1) is 23.1. The fraction of sp³-hybridized carbons (Fsp3) is 0.500. The van der Waals surface area contributed by atoms with Gasteiger partial charge in [0.15, 0.2) is 0 Å². The molecule has 0 unspecified atom stereocenters. The Morgan fingerprint density at radius 3 is 2.58 bits per heavy atom. The van der Waals surface area contributed by atoms with Crippen LogP contribution in [0.4, 0.5) is 22.0 Å². The number of rotatable bonds is 3. The monoisotopic (exact) mass is 491 g/mol. The fourth-order valence-electron chi connectivity index (χ4n) is 3.63. The normalized spacial score (nSPS) is 19.3. The molecule has 0 spiro atoms. The first-order valence-corrected chi connectivity index (χ1v) is 11.1. The van der Waals surface area contributed by atoms with Gasteiger partial charge in [-0.2, -0.15) is 0 Å². The number of aromatic nitrogens is 2. The van der Waals surface area contributed by atoms with Crippen molar-refractivity contribution in [3.8, 4) is 0 Å². The van der Waals surface area contributed by atoms with Crippen molar-refractivity contribution in [2.45, 2.75) is 52.3 Å². The lowest BCUT2D eigenvalue weighted by atomic mass is 10.1. The van der Waals surface area contributed by atoms with Gasteiger partial charge in [0.25, 0.3) is 5.56 Å². The minimum Gasteiger partial charge on any atom is -0.444 e. The molecule has 0 aromatic carbocycles. The summed E-state index contributed by atoms with van der Waals surface area (Å²) in [6.07, 6.45) is 3.14. The molecule has 8 nitrogen and oxygen atoms in total. The van der Waals surface area contributed by atoms with Crippen LogP contribution in [0.3, 0.4) is 0 Å². The molecular formula is C22H30BrN5O3. The van der Waals surface area contributed by atoms with E-state index in [1.807, 2.05) is 53.1 Å². The van der Waals surface area contributed by atoms with Crippen molar-refractivity contribution in [1.82, 2.24) is 14.9 Å². The molecule has 0 radical (unpaired) electrons. The van der Waals surface area contributed by atoms with E-state index in [1.165, 1.54) is 0 Å². The standard InChI is InChI=1S/C22H30BrN5O3/c1-14-13-28(21(30)31-22(3,4)5)15(2)12-27(14)17-7-8-19(24-11-17)26(6)18-9-16(23)10-25-20(18)29/h7-11,14-15H,12-13H2,1-6H3,(H,25,29)/t14-,15+/m0/s1. The second-order valence-electron chi connectivity index (χ2n) is 8.95. The molecule has 1 fully saturated rings. The lowest BCUT2D eigenvalue weighted by Gasteiger charge is -2.45. The molecule has 3 rings (SSSR count). The highest BCUT2D eigenvalue weighted by Gasteiger charge is 2.34. The van der Waals surface area contributed by atoms with Gasteiger partial charge in [0.05, 0.1) is 11.9 Å². The Balaban J connectivity index is 1.73. The minimum absolute atomic E-state index is 0.00799. The van der Waals surface area contributed by atoms with E-state index in [-0.39, 0.29) is 23.7 Å². The SMILES string of the molecule is C[C@@H]1CN(c2ccc(N(C)c3cc(Br)c[nH]c3=O)nc2)[C@@H](C)CN1C(=O)OC(C)(C)C. The van der Waals surface area contributed by atoms with Crippen LogP contribution in [0.2, 0.25) is 0 Å². The van der Waals surface area contributed by atoms with Gasteiger partial charge in [-0.1, -0.05) is 0 Å². The van der Waals surface area contributed by atoms with E-state index in [0.717, 1.165) is 10.2 Å². The van der Waals surface area contributed by atoms with Crippen molar-refractivity contribution in [3.05, 3.63) is 45.4 Å². The lowest BCUT2D eigenvalue weighted by Crippen LogP contribution is -2.59. The van der Waals surface area contributed by atoms with Gasteiger partial charge in [0.2, 0.25) is 0 Å². The van der Waals surface area contributed by atoms with Gasteiger partial charge >= 0.3 is 6.09 Å². The third-order valence-electron chi connectivity index (χ3n) is 5.23. The molecule has 1 amide bonds. The second-order valence-corrected chi connectivity index (χ2v) is 9.86. The van der Waals surface area contributed by atoms with E-state index in [4.69, 9.17) is 4.74 Å². The Kier molecular flexibility index (Phi) is 6.64. The van der Waals surface area contributed by atoms with Crippen molar-refractivity contribution in [3.63, 3.8) is 0 Å². The Labute approximate surface area is 191 Å². The first-order valence-electron chi connectivity index (χ1n) is 10.3. The number of aromatic amines is 1. The second kappa shape index (κ2) is 8.90. The maximum absolute atomic E-state index is 12.6. The number of H-pyrrole nitrogens is 1. The topological polar surface area (TPSA) is 81.8 Å². The van der Waals surface area contributed by atoms with Crippen molar-refractivity contribution in [2.24, 2.45) is 0 Å². The number of piperazine rings is 1. The summed E-state index contributed by atoms with van der Waals surface area (Å²) >= 11 is 3.38. The zero-order valence-corrected chi connectivity index (χ0v) is 20.4. The van der Waals surface area contributed by atoms with Crippen LogP contribution in [-0.2, 0) is 4.74 Å². The van der Waals surface area contributed by atoms with Gasteiger partial charge in [-0.25, -0.2) is 9.78 Å². The van der Waals surface area contributed by atoms with Gasteiger partial charge < -0.3 is 24.4 Å². The molecular weight excluding hydrogens is 462 g/mol. The van der Waals surface area contributed by atoms with E-state index < -0.39 is 5.60 Å². The van der Waals surface area contributed by atoms with Crippen LogP contribution in [0, 0.1) is 0 Å². The van der Waals surface area contributed by atoms with Gasteiger partial charge in [0, 0.05) is 42.9 Å². The molecule has 0 bridgehead atoms. The Hall–Kier alpha value is -2.55. The predicted molar refractivity (Wildman–Crippen MR) is 126 cm³/mol. The summed E-state index contributed by atoms with van der Waals surface area (Å²) in [6.45, 7) is 11.0. The molecule has 1 aliphatic heterocycles. The van der Waals surface area contributed by atoms with E-state index in [1.54, 1.807) is 22.1 Å². The van der Waals surface area contributed by atoms with Crippen LogP contribution in [0.25, 0.3) is 0 Å². The molecule has 1 N–H and O–H groups in total. The predicted octanol–water partition coefficient (Wildman–Crippen LogP) is 4.13. The number of nitrogens with zero attached hydrogens (tertiary/aromatic N) is 4. The van der Waals surface area contributed by atoms with Gasteiger partial charge in [-0.15, -0.1) is 0 Å². The largest absolute Gasteiger partial charge is 0.444 e. The maximum Gasteiger partial charge on any atom is 0.410 e. The first-order chi connectivity index (χ1) is 14.5. The quantitative estimate of drug-likeness (QED) is 0.694. The van der Waals surface area contributed by atoms with Gasteiger partial charge in [0.1, 0.15) is 17.1 Å². The summed E-state index contributed by atoms with van der Waals surface area (Å²) in [6, 6.07) is 5.77. The average Bonchev–Trinajstić information content (AvgIpc) is 2.69. The zero-order valence-electron chi connectivity index (χ0n) is 18.8. The Morgan fingerprint density at radius 2 is 1.97 bits per heavy atom. The summed E-state index contributed by atoms with van der Waals surface area (Å²) in [5.74, 6) is 0.667. The Morgan fingerprint density at radius 1 is 1.26 bits per heavy atom. The van der Waals surface area contributed by atoms with Crippen molar-refractivity contribution in [2.75, 3.05) is 29.9 Å². The summed E-state index contributed by atoms with van der Waals surface area (Å²) in [5.41, 5.74) is 0.780. The third-order valence-corrected chi connectivity index (χ3v) is 5.69. The van der Waals surface area contributed by atoms with Crippen LogP contribution in [0.5, 0.6) is 0 Å². The number of ether oxygens (including phenoxy) is 1. The molecule has 0 saturated carbocycles. The van der Waals surface area contributed by atoms with Crippen molar-refractivity contribution >= 4 is 39.2 Å². The highest BCUT2D eigenvalue weighted by Crippen LogP contribution is 2.27. The number of amides is 1. The summed E-state index contributed by atoms with van der Waals surface area (Å²) in [7, 11) is 1.81. The zero-order chi connectivity index (χ0) is 22.9. The van der Waals surface area contributed by atoms with E-state index in [0.29, 0.717) is 24.6 Å². The van der Waals surface area contributed by atoms with Crippen LogP contribution >= 0.6 is 15.9 Å². The molecule has 168 valence electrons. The van der Waals surface area contributed by atoms with Crippen LogP contribution in [0.15, 0.2) is 39.9 Å². The van der Waals surface area contributed by atoms with Crippen molar-refractivity contribution < 1.29 is 9.53 Å². The Bertz CT molecular complexity index is 986. The molecule has 31 heavy (non-hydrogen) atoms. The number of nitrogens with one attached hydrogen (secondary N) is 1. The minimum atomic E-state index is -0.515. The molecule has 0 aliphatic carbocycles. The number of pyridine rings is 2. The van der Waals surface area contributed by atoms with Gasteiger partial charge in [-0.05, 0) is 68.7 Å². The highest BCUT2D eigenvalue weighted by molar-refractivity contribution is 9.10. The molecule has 2 aromatic rings. The molecule has 2 atom stereocenters. The highest BCUT2D eigenvalue weighted by atomic mass is 79.9. The molecule has 9 heteroatoms. The molecule has 2 aromatic heterocycles. The number of carbonyl (C=O) groups is 1. The maximum atomic E-state index is 12.6. The van der Waals surface area contributed by atoms with Crippen LogP contribution < -0.4 is 15.4 Å². The summed E-state index contributed by atoms with van der Waals surface area (Å²) in [4.78, 5) is 37.8. The number of carbonyl (C=O) groups excluding carboxylic acids is 1. The molecule has 3 heterocycles. The summed E-state index contributed by atoms with van der Waals surface area (Å²) < 4.78 is 6.35. The van der Waals surface area contributed by atoms with Crippen molar-refractivity contribution in [1.29, 1.82) is 0 Å². The average molecular weight is 492 g/mol. The number of hydrogen-bond acceptors (Lipinski definition) is 6. The van der Waals surface area contributed by atoms with Crippen LogP contribution in [-0.4, -0.2) is 58.8 Å². The fourth-order valence-corrected chi connectivity index (χ4v) is 3.96. The summed E-state index contributed by atoms with van der Waals surface area (Å²) in [5, 5.41) is 0. The number of hydrogen-bond donors (Lipinski definition) is 1. The number of anilines is 3. The van der Waals surface area contributed by atoms with Crippen LogP contribution in [0.1, 0.15) is 34.6 Å². The molecule has 1 saturated heterocycles. The lowest BCUT2D eigenvalue weighted by molar-refractivity contribution is 0.0130. The van der Waals surface area contributed by atoms with Gasteiger partial charge in [-0.3, -0.25) is 4.79 Å².